The first kappa shape index (κ1) is 23.2. The summed E-state index contributed by atoms with van der Waals surface area (Å²) in [5.74, 6) is -0.429. The smallest absolute Gasteiger partial charge is 0.224 e. The van der Waals surface area contributed by atoms with Gasteiger partial charge in [0.15, 0.2) is 5.03 Å². The van der Waals surface area contributed by atoms with Gasteiger partial charge in [-0.3, -0.25) is 4.79 Å². The molecule has 0 atom stereocenters. The van der Waals surface area contributed by atoms with Gasteiger partial charge in [-0.05, 0) is 72.8 Å². The monoisotopic (exact) mass is 479 g/mol. The summed E-state index contributed by atoms with van der Waals surface area (Å²) in [6.45, 7) is 0. The first-order valence-electron chi connectivity index (χ1n) is 10.3. The van der Waals surface area contributed by atoms with Crippen LogP contribution in [0.5, 0.6) is 5.75 Å². The molecule has 0 spiro atoms. The van der Waals surface area contributed by atoms with Crippen molar-refractivity contribution in [2.75, 3.05) is 26.1 Å². The Labute approximate surface area is 196 Å². The number of hydrogen-bond donors (Lipinski definition) is 1. The van der Waals surface area contributed by atoms with E-state index in [1.54, 1.807) is 12.1 Å². The molecule has 4 rings (SSSR count). The molecule has 1 aromatic heterocycles. The Bertz CT molecular complexity index is 1430. The van der Waals surface area contributed by atoms with Crippen LogP contribution in [-0.4, -0.2) is 45.4 Å². The zero-order valence-electron chi connectivity index (χ0n) is 18.7. The van der Waals surface area contributed by atoms with Crippen molar-refractivity contribution in [2.24, 2.45) is 0 Å². The van der Waals surface area contributed by atoms with Crippen molar-refractivity contribution in [2.45, 2.75) is 9.92 Å². The van der Waals surface area contributed by atoms with Crippen LogP contribution in [0.15, 0.2) is 82.7 Å². The average molecular weight is 480 g/mol. The van der Waals surface area contributed by atoms with Crippen molar-refractivity contribution in [3.05, 3.63) is 89.9 Å². The van der Waals surface area contributed by atoms with Gasteiger partial charge in [0.05, 0.1) is 12.0 Å². The molecular weight excluding hydrogens is 457 g/mol. The molecule has 174 valence electrons. The quantitative estimate of drug-likeness (QED) is 0.396. The lowest BCUT2D eigenvalue weighted by atomic mass is 10.1. The van der Waals surface area contributed by atoms with Crippen LogP contribution < -0.4 is 9.64 Å². The normalized spacial score (nSPS) is 11.3. The summed E-state index contributed by atoms with van der Waals surface area (Å²) in [5.41, 5.74) is 1.40. The molecule has 0 saturated carbocycles. The van der Waals surface area contributed by atoms with Crippen molar-refractivity contribution >= 4 is 21.3 Å². The van der Waals surface area contributed by atoms with Crippen molar-refractivity contribution in [3.8, 4) is 17.1 Å². The summed E-state index contributed by atoms with van der Waals surface area (Å²) in [6.07, 6.45) is 0. The van der Waals surface area contributed by atoms with Gasteiger partial charge in [-0.2, -0.15) is 0 Å². The highest BCUT2D eigenvalue weighted by atomic mass is 32.2. The summed E-state index contributed by atoms with van der Waals surface area (Å²) >= 11 is 0. The second kappa shape index (κ2) is 9.11. The number of ether oxygens (including phenoxy) is 1. The molecule has 9 heteroatoms. The molecule has 0 amide bonds. The zero-order chi connectivity index (χ0) is 24.5. The number of anilines is 1. The van der Waals surface area contributed by atoms with Gasteiger partial charge in [-0.15, -0.1) is 0 Å². The number of aromatic amines is 1. The van der Waals surface area contributed by atoms with E-state index in [0.29, 0.717) is 11.3 Å². The van der Waals surface area contributed by atoms with Gasteiger partial charge < -0.3 is 14.6 Å². The third kappa shape index (κ3) is 4.42. The van der Waals surface area contributed by atoms with E-state index in [-0.39, 0.29) is 27.0 Å². The van der Waals surface area contributed by atoms with Gasteiger partial charge in [0.2, 0.25) is 15.6 Å². The minimum atomic E-state index is -4.14. The maximum atomic E-state index is 13.5. The number of nitrogens with one attached hydrogen (secondary N) is 1. The van der Waals surface area contributed by atoms with Gasteiger partial charge in [0, 0.05) is 30.9 Å². The predicted molar refractivity (Wildman–Crippen MR) is 127 cm³/mol. The van der Waals surface area contributed by atoms with Gasteiger partial charge in [-0.25, -0.2) is 17.8 Å². The Morgan fingerprint density at radius 2 is 1.56 bits per heavy atom. The molecule has 1 heterocycles. The zero-order valence-corrected chi connectivity index (χ0v) is 19.6. The average Bonchev–Trinajstić information content (AvgIpc) is 3.30. The molecule has 0 radical (unpaired) electrons. The predicted octanol–water partition coefficient (Wildman–Crippen LogP) is 4.35. The molecule has 0 aliphatic heterocycles. The van der Waals surface area contributed by atoms with Crippen LogP contribution in [0.2, 0.25) is 0 Å². The summed E-state index contributed by atoms with van der Waals surface area (Å²) in [6, 6.07) is 18.0. The number of sulfone groups is 1. The maximum absolute atomic E-state index is 13.5. The topological polar surface area (TPSA) is 92.4 Å². The third-order valence-corrected chi connectivity index (χ3v) is 7.01. The van der Waals surface area contributed by atoms with Crippen LogP contribution in [0, 0.1) is 5.82 Å². The van der Waals surface area contributed by atoms with E-state index in [9.17, 15) is 17.6 Å². The van der Waals surface area contributed by atoms with Crippen molar-refractivity contribution in [1.82, 2.24) is 9.97 Å². The number of H-pyrrole nitrogens is 1. The van der Waals surface area contributed by atoms with Crippen LogP contribution in [0.3, 0.4) is 0 Å². The Morgan fingerprint density at radius 1 is 0.941 bits per heavy atom. The number of rotatable bonds is 7. The highest BCUT2D eigenvalue weighted by Crippen LogP contribution is 2.29. The van der Waals surface area contributed by atoms with E-state index >= 15 is 0 Å². The lowest BCUT2D eigenvalue weighted by molar-refractivity contribution is 0.103. The van der Waals surface area contributed by atoms with E-state index in [2.05, 4.69) is 9.97 Å². The fourth-order valence-electron chi connectivity index (χ4n) is 3.37. The third-order valence-electron chi connectivity index (χ3n) is 5.29. The van der Waals surface area contributed by atoms with Crippen LogP contribution in [-0.2, 0) is 9.84 Å². The number of benzene rings is 3. The standard InChI is InChI=1S/C25H22FN3O4S/c1-29(2)19-10-6-17(7-11-19)24-27-22(23(30)16-4-8-18(26)9-5-16)25(28-24)34(31,32)21-14-12-20(33-3)13-15-21/h4-15H,1-3H3,(H,27,28). The highest BCUT2D eigenvalue weighted by Gasteiger charge is 2.30. The minimum Gasteiger partial charge on any atom is -0.497 e. The number of methoxy groups -OCH3 is 1. The summed E-state index contributed by atoms with van der Waals surface area (Å²) < 4.78 is 45.5. The van der Waals surface area contributed by atoms with Crippen LogP contribution in [0.1, 0.15) is 16.1 Å². The van der Waals surface area contributed by atoms with E-state index in [0.717, 1.165) is 17.8 Å². The van der Waals surface area contributed by atoms with E-state index in [1.165, 1.54) is 43.5 Å². The van der Waals surface area contributed by atoms with Gasteiger partial charge in [0.25, 0.3) is 0 Å². The molecule has 1 N–H and O–H groups in total. The molecule has 0 aliphatic rings. The maximum Gasteiger partial charge on any atom is 0.224 e. The van der Waals surface area contributed by atoms with Crippen LogP contribution >= 0.6 is 0 Å². The molecule has 3 aromatic carbocycles. The molecule has 0 aliphatic carbocycles. The Balaban J connectivity index is 1.85. The second-order valence-corrected chi connectivity index (χ2v) is 9.61. The summed E-state index contributed by atoms with van der Waals surface area (Å²) in [5, 5.41) is -0.335. The van der Waals surface area contributed by atoms with Crippen LogP contribution in [0.25, 0.3) is 11.4 Å². The number of imidazole rings is 1. The molecule has 0 bridgehead atoms. The largest absolute Gasteiger partial charge is 0.497 e. The minimum absolute atomic E-state index is 0.0281. The first-order valence-corrected chi connectivity index (χ1v) is 11.8. The highest BCUT2D eigenvalue weighted by molar-refractivity contribution is 7.91. The van der Waals surface area contributed by atoms with E-state index < -0.39 is 21.4 Å². The fraction of sp³-hybridized carbons (Fsp3) is 0.120. The van der Waals surface area contributed by atoms with Crippen LogP contribution in [0.4, 0.5) is 10.1 Å². The number of carbonyl (C=O) groups is 1. The summed E-state index contributed by atoms with van der Waals surface area (Å²) in [7, 11) is 1.14. The molecule has 0 fully saturated rings. The lowest BCUT2D eigenvalue weighted by Gasteiger charge is -2.12. The molecule has 34 heavy (non-hydrogen) atoms. The fourth-order valence-corrected chi connectivity index (χ4v) is 4.72. The second-order valence-electron chi connectivity index (χ2n) is 7.72. The molecule has 4 aromatic rings. The number of nitrogens with zero attached hydrogens (tertiary/aromatic N) is 2. The van der Waals surface area contributed by atoms with E-state index in [1.807, 2.05) is 31.1 Å². The molecule has 0 saturated heterocycles. The van der Waals surface area contributed by atoms with Gasteiger partial charge in [-0.1, -0.05) is 0 Å². The Kier molecular flexibility index (Phi) is 6.21. The van der Waals surface area contributed by atoms with Gasteiger partial charge in [0.1, 0.15) is 23.1 Å². The van der Waals surface area contributed by atoms with E-state index in [4.69, 9.17) is 4.74 Å². The molecular formula is C25H22FN3O4S. The van der Waals surface area contributed by atoms with Crippen molar-refractivity contribution < 1.29 is 22.3 Å². The number of aromatic nitrogens is 2. The Hall–Kier alpha value is -3.98. The molecule has 7 nitrogen and oxygen atoms in total. The summed E-state index contributed by atoms with van der Waals surface area (Å²) in [4.78, 5) is 22.3. The number of halogens is 1. The van der Waals surface area contributed by atoms with Gasteiger partial charge >= 0.3 is 0 Å². The van der Waals surface area contributed by atoms with Crippen molar-refractivity contribution in [3.63, 3.8) is 0 Å². The number of ketones is 1. The lowest BCUT2D eigenvalue weighted by Crippen LogP contribution is -2.11. The van der Waals surface area contributed by atoms with Crippen molar-refractivity contribution in [1.29, 1.82) is 0 Å². The first-order chi connectivity index (χ1) is 16.2. The Morgan fingerprint density at radius 3 is 2.12 bits per heavy atom. The molecule has 0 unspecified atom stereocenters. The number of carbonyl (C=O) groups excluding carboxylic acids is 1. The SMILES string of the molecule is COc1ccc(S(=O)(=O)c2[nH]c(-c3ccc(N(C)C)cc3)nc2C(=O)c2ccc(F)cc2)cc1. The number of hydrogen-bond acceptors (Lipinski definition) is 6.